The van der Waals surface area contributed by atoms with Crippen LogP contribution in [0.5, 0.6) is 5.75 Å². The zero-order valence-electron chi connectivity index (χ0n) is 12.3. The second-order valence-corrected chi connectivity index (χ2v) is 6.45. The van der Waals surface area contributed by atoms with Gasteiger partial charge in [0.15, 0.2) is 0 Å². The molecule has 0 fully saturated rings. The maximum atomic E-state index is 11.9. The predicted octanol–water partition coefficient (Wildman–Crippen LogP) is 3.55. The minimum absolute atomic E-state index is 0.0205. The van der Waals surface area contributed by atoms with Gasteiger partial charge in [0.1, 0.15) is 5.75 Å². The van der Waals surface area contributed by atoms with Crippen molar-refractivity contribution in [3.63, 3.8) is 0 Å². The number of hydrogen-bond acceptors (Lipinski definition) is 3. The second kappa shape index (κ2) is 7.64. The summed E-state index contributed by atoms with van der Waals surface area (Å²) in [5, 5.41) is 2.89. The average molecular weight is 343 g/mol. The molecule has 0 aliphatic heterocycles. The predicted molar refractivity (Wildman–Crippen MR) is 86.0 cm³/mol. The molecule has 0 unspecified atom stereocenters. The van der Waals surface area contributed by atoms with E-state index in [2.05, 4.69) is 35.1 Å². The van der Waals surface area contributed by atoms with Gasteiger partial charge in [0.2, 0.25) is 5.91 Å². The van der Waals surface area contributed by atoms with E-state index >= 15 is 0 Å². The normalized spacial score (nSPS) is 11.2. The molecule has 1 aromatic carbocycles. The first kappa shape index (κ1) is 17.0. The summed E-state index contributed by atoms with van der Waals surface area (Å²) < 4.78 is 5.97. The number of rotatable bonds is 7. The molecule has 5 heteroatoms. The number of amides is 1. The molecule has 20 heavy (non-hydrogen) atoms. The molecule has 1 aromatic rings. The molecule has 0 saturated heterocycles. The largest absolute Gasteiger partial charge is 0.496 e. The van der Waals surface area contributed by atoms with Crippen molar-refractivity contribution >= 4 is 27.5 Å². The van der Waals surface area contributed by atoms with Gasteiger partial charge in [0.05, 0.1) is 11.6 Å². The summed E-state index contributed by atoms with van der Waals surface area (Å²) in [6.45, 7) is 4.92. The first-order chi connectivity index (χ1) is 9.38. The molecule has 3 N–H and O–H groups in total. The van der Waals surface area contributed by atoms with Crippen LogP contribution in [0.2, 0.25) is 0 Å². The van der Waals surface area contributed by atoms with Crippen molar-refractivity contribution in [2.24, 2.45) is 11.1 Å². The van der Waals surface area contributed by atoms with Gasteiger partial charge in [-0.25, -0.2) is 0 Å². The van der Waals surface area contributed by atoms with Crippen LogP contribution in [0.4, 0.5) is 5.69 Å². The Kier molecular flexibility index (Phi) is 6.49. The van der Waals surface area contributed by atoms with E-state index in [1.54, 1.807) is 7.11 Å². The van der Waals surface area contributed by atoms with Crippen molar-refractivity contribution in [3.8, 4) is 5.75 Å². The number of carbonyl (C=O) groups excluding carboxylic acids is 1. The van der Waals surface area contributed by atoms with E-state index in [1.807, 2.05) is 18.2 Å². The number of halogens is 1. The van der Waals surface area contributed by atoms with Gasteiger partial charge in [0.25, 0.3) is 0 Å². The molecule has 0 aliphatic rings. The minimum Gasteiger partial charge on any atom is -0.496 e. The van der Waals surface area contributed by atoms with Gasteiger partial charge in [-0.05, 0) is 58.9 Å². The number of benzene rings is 1. The fraction of sp³-hybridized carbons (Fsp3) is 0.533. The molecule has 0 atom stereocenters. The third-order valence-electron chi connectivity index (χ3n) is 3.29. The third-order valence-corrected chi connectivity index (χ3v) is 3.91. The summed E-state index contributed by atoms with van der Waals surface area (Å²) >= 11 is 3.40. The summed E-state index contributed by atoms with van der Waals surface area (Å²) in [7, 11) is 1.61. The van der Waals surface area contributed by atoms with Crippen molar-refractivity contribution in [1.29, 1.82) is 0 Å². The fourth-order valence-corrected chi connectivity index (χ4v) is 2.48. The van der Waals surface area contributed by atoms with Crippen LogP contribution in [0.3, 0.4) is 0 Å². The van der Waals surface area contributed by atoms with E-state index in [-0.39, 0.29) is 11.3 Å². The fourth-order valence-electron chi connectivity index (χ4n) is 1.94. The van der Waals surface area contributed by atoms with Crippen molar-refractivity contribution < 1.29 is 9.53 Å². The van der Waals surface area contributed by atoms with E-state index < -0.39 is 0 Å². The Labute approximate surface area is 129 Å². The van der Waals surface area contributed by atoms with Gasteiger partial charge in [-0.1, -0.05) is 13.8 Å². The number of nitrogens with two attached hydrogens (primary N) is 1. The lowest BCUT2D eigenvalue weighted by Gasteiger charge is -2.23. The summed E-state index contributed by atoms with van der Waals surface area (Å²) in [4.78, 5) is 11.9. The third kappa shape index (κ3) is 5.51. The molecule has 0 bridgehead atoms. The molecular formula is C15H23BrN2O2. The zero-order chi connectivity index (χ0) is 15.2. The SMILES string of the molecule is COc1ccc(NC(=O)CCC(C)(C)CCN)cc1Br. The number of anilines is 1. The Balaban J connectivity index is 2.52. The Morgan fingerprint density at radius 1 is 1.40 bits per heavy atom. The van der Waals surface area contributed by atoms with E-state index in [0.717, 1.165) is 28.8 Å². The van der Waals surface area contributed by atoms with E-state index in [0.29, 0.717) is 13.0 Å². The number of carbonyl (C=O) groups is 1. The second-order valence-electron chi connectivity index (χ2n) is 5.60. The number of hydrogen-bond donors (Lipinski definition) is 2. The highest BCUT2D eigenvalue weighted by Crippen LogP contribution is 2.29. The molecule has 4 nitrogen and oxygen atoms in total. The number of ether oxygens (including phenoxy) is 1. The van der Waals surface area contributed by atoms with Gasteiger partial charge in [-0.15, -0.1) is 0 Å². The molecule has 1 rings (SSSR count). The smallest absolute Gasteiger partial charge is 0.224 e. The summed E-state index contributed by atoms with van der Waals surface area (Å²) in [6.07, 6.45) is 2.25. The highest BCUT2D eigenvalue weighted by atomic mass is 79.9. The Hall–Kier alpha value is -1.07. The maximum Gasteiger partial charge on any atom is 0.224 e. The van der Waals surface area contributed by atoms with Crippen molar-refractivity contribution in [2.75, 3.05) is 19.0 Å². The lowest BCUT2D eigenvalue weighted by molar-refractivity contribution is -0.116. The Morgan fingerprint density at radius 3 is 2.65 bits per heavy atom. The van der Waals surface area contributed by atoms with Crippen molar-refractivity contribution in [2.45, 2.75) is 33.1 Å². The Morgan fingerprint density at radius 2 is 2.10 bits per heavy atom. The monoisotopic (exact) mass is 342 g/mol. The zero-order valence-corrected chi connectivity index (χ0v) is 13.9. The molecule has 1 amide bonds. The lowest BCUT2D eigenvalue weighted by Crippen LogP contribution is -2.20. The van der Waals surface area contributed by atoms with Crippen LogP contribution in [-0.4, -0.2) is 19.6 Å². The quantitative estimate of drug-likeness (QED) is 0.796. The standard InChI is InChI=1S/C15H23BrN2O2/c1-15(2,8-9-17)7-6-14(19)18-11-4-5-13(20-3)12(16)10-11/h4-5,10H,6-9,17H2,1-3H3,(H,18,19). The Bertz CT molecular complexity index is 461. The van der Waals surface area contributed by atoms with E-state index in [4.69, 9.17) is 10.5 Å². The van der Waals surface area contributed by atoms with E-state index in [9.17, 15) is 4.79 Å². The summed E-state index contributed by atoms with van der Waals surface area (Å²) in [5.74, 6) is 0.763. The molecule has 0 radical (unpaired) electrons. The summed E-state index contributed by atoms with van der Waals surface area (Å²) in [5.41, 5.74) is 6.44. The first-order valence-corrected chi connectivity index (χ1v) is 7.51. The molecule has 0 aliphatic carbocycles. The molecule has 0 spiro atoms. The van der Waals surface area contributed by atoms with Crippen LogP contribution in [0.25, 0.3) is 0 Å². The summed E-state index contributed by atoms with van der Waals surface area (Å²) in [6, 6.07) is 5.48. The highest BCUT2D eigenvalue weighted by molar-refractivity contribution is 9.10. The topological polar surface area (TPSA) is 64.3 Å². The van der Waals surface area contributed by atoms with Gasteiger partial charge < -0.3 is 15.8 Å². The molecule has 0 heterocycles. The molecule has 0 saturated carbocycles. The van der Waals surface area contributed by atoms with Gasteiger partial charge in [0, 0.05) is 12.1 Å². The molecular weight excluding hydrogens is 320 g/mol. The van der Waals surface area contributed by atoms with Crippen LogP contribution in [-0.2, 0) is 4.79 Å². The number of methoxy groups -OCH3 is 1. The van der Waals surface area contributed by atoms with Gasteiger partial charge in [-0.2, -0.15) is 0 Å². The highest BCUT2D eigenvalue weighted by Gasteiger charge is 2.18. The van der Waals surface area contributed by atoms with Gasteiger partial charge >= 0.3 is 0 Å². The van der Waals surface area contributed by atoms with Crippen LogP contribution in [0.1, 0.15) is 33.1 Å². The van der Waals surface area contributed by atoms with Crippen molar-refractivity contribution in [3.05, 3.63) is 22.7 Å². The van der Waals surface area contributed by atoms with Crippen LogP contribution >= 0.6 is 15.9 Å². The van der Waals surface area contributed by atoms with Crippen LogP contribution in [0, 0.1) is 5.41 Å². The van der Waals surface area contributed by atoms with E-state index in [1.165, 1.54) is 0 Å². The maximum absolute atomic E-state index is 11.9. The van der Waals surface area contributed by atoms with Crippen LogP contribution in [0.15, 0.2) is 22.7 Å². The van der Waals surface area contributed by atoms with Crippen molar-refractivity contribution in [1.82, 2.24) is 0 Å². The lowest BCUT2D eigenvalue weighted by atomic mass is 9.84. The number of nitrogens with one attached hydrogen (secondary N) is 1. The minimum atomic E-state index is 0.0205. The molecule has 0 aromatic heterocycles. The first-order valence-electron chi connectivity index (χ1n) is 6.71. The van der Waals surface area contributed by atoms with Crippen LogP contribution < -0.4 is 15.8 Å². The molecule has 112 valence electrons. The van der Waals surface area contributed by atoms with Gasteiger partial charge in [-0.3, -0.25) is 4.79 Å². The average Bonchev–Trinajstić information content (AvgIpc) is 2.37.